The van der Waals surface area contributed by atoms with Gasteiger partial charge < -0.3 is 4.74 Å². The van der Waals surface area contributed by atoms with Crippen LogP contribution in [0.5, 0.6) is 0 Å². The fraction of sp³-hybridized carbons (Fsp3) is 0.917. The van der Waals surface area contributed by atoms with Crippen LogP contribution in [0.3, 0.4) is 0 Å². The Balaban J connectivity index is 2.36. The number of hydrogen-bond acceptors (Lipinski definition) is 4. The van der Waals surface area contributed by atoms with E-state index in [-0.39, 0.29) is 0 Å². The summed E-state index contributed by atoms with van der Waals surface area (Å²) < 4.78 is 5.11. The van der Waals surface area contributed by atoms with Gasteiger partial charge in [0.15, 0.2) is 0 Å². The molecule has 1 rings (SSSR count). The third-order valence-corrected chi connectivity index (χ3v) is 3.39. The minimum Gasteiger partial charge on any atom is -0.383 e. The Morgan fingerprint density at radius 1 is 1.50 bits per heavy atom. The van der Waals surface area contributed by atoms with Crippen molar-refractivity contribution in [1.82, 2.24) is 9.80 Å². The first-order valence-electron chi connectivity index (χ1n) is 6.03. The van der Waals surface area contributed by atoms with Crippen molar-refractivity contribution < 1.29 is 4.74 Å². The van der Waals surface area contributed by atoms with Crippen molar-refractivity contribution in [3.8, 4) is 6.07 Å². The lowest BCUT2D eigenvalue weighted by Crippen LogP contribution is -2.54. The third kappa shape index (κ3) is 3.75. The summed E-state index contributed by atoms with van der Waals surface area (Å²) in [5, 5.41) is 8.70. The molecule has 1 fully saturated rings. The van der Waals surface area contributed by atoms with Gasteiger partial charge in [0.2, 0.25) is 0 Å². The summed E-state index contributed by atoms with van der Waals surface area (Å²) >= 11 is 0. The van der Waals surface area contributed by atoms with Crippen molar-refractivity contribution >= 4 is 0 Å². The number of ether oxygens (including phenoxy) is 1. The molecule has 1 saturated heterocycles. The SMILES string of the molecule is COCCN1CCN([C@H](C)CC#N)C[C@H]1C. The number of nitrogens with zero attached hydrogens (tertiary/aromatic N) is 3. The van der Waals surface area contributed by atoms with E-state index in [1.165, 1.54) is 0 Å². The van der Waals surface area contributed by atoms with E-state index in [0.717, 1.165) is 32.8 Å². The zero-order chi connectivity index (χ0) is 12.0. The molecule has 0 bridgehead atoms. The van der Waals surface area contributed by atoms with Gasteiger partial charge in [0.1, 0.15) is 0 Å². The summed E-state index contributed by atoms with van der Waals surface area (Å²) in [5.41, 5.74) is 0. The second kappa shape index (κ2) is 6.85. The predicted molar refractivity (Wildman–Crippen MR) is 64.2 cm³/mol. The van der Waals surface area contributed by atoms with Crippen LogP contribution >= 0.6 is 0 Å². The van der Waals surface area contributed by atoms with Crippen LogP contribution < -0.4 is 0 Å². The molecular weight excluding hydrogens is 202 g/mol. The van der Waals surface area contributed by atoms with E-state index in [0.29, 0.717) is 18.5 Å². The predicted octanol–water partition coefficient (Wildman–Crippen LogP) is 0.941. The highest BCUT2D eigenvalue weighted by Gasteiger charge is 2.25. The molecular formula is C12H23N3O. The Labute approximate surface area is 98.8 Å². The number of methoxy groups -OCH3 is 1. The monoisotopic (exact) mass is 225 g/mol. The van der Waals surface area contributed by atoms with Crippen molar-refractivity contribution in [1.29, 1.82) is 5.26 Å². The van der Waals surface area contributed by atoms with Gasteiger partial charge >= 0.3 is 0 Å². The zero-order valence-electron chi connectivity index (χ0n) is 10.6. The molecule has 1 heterocycles. The normalized spacial score (nSPS) is 25.2. The molecule has 0 aromatic rings. The summed E-state index contributed by atoms with van der Waals surface area (Å²) in [6.45, 7) is 9.42. The van der Waals surface area contributed by atoms with Gasteiger partial charge in [-0.2, -0.15) is 5.26 Å². The zero-order valence-corrected chi connectivity index (χ0v) is 10.6. The van der Waals surface area contributed by atoms with Gasteiger partial charge in [0.05, 0.1) is 19.1 Å². The largest absolute Gasteiger partial charge is 0.383 e. The van der Waals surface area contributed by atoms with Gasteiger partial charge in [0, 0.05) is 45.4 Å². The number of nitriles is 1. The number of piperazine rings is 1. The van der Waals surface area contributed by atoms with Crippen molar-refractivity contribution in [2.24, 2.45) is 0 Å². The summed E-state index contributed by atoms with van der Waals surface area (Å²) in [4.78, 5) is 4.87. The molecule has 0 unspecified atom stereocenters. The Morgan fingerprint density at radius 2 is 2.25 bits per heavy atom. The minimum atomic E-state index is 0.386. The number of rotatable bonds is 5. The van der Waals surface area contributed by atoms with Crippen LogP contribution in [0.1, 0.15) is 20.3 Å². The molecule has 0 radical (unpaired) electrons. The Bertz CT molecular complexity index is 239. The smallest absolute Gasteiger partial charge is 0.0638 e. The lowest BCUT2D eigenvalue weighted by Gasteiger charge is -2.41. The van der Waals surface area contributed by atoms with Crippen LogP contribution in [0.25, 0.3) is 0 Å². The summed E-state index contributed by atoms with van der Waals surface area (Å²) in [5.74, 6) is 0. The molecule has 0 saturated carbocycles. The van der Waals surface area contributed by atoms with Crippen LogP contribution in [0, 0.1) is 11.3 Å². The Kier molecular flexibility index (Phi) is 5.75. The Hall–Kier alpha value is -0.630. The molecule has 4 nitrogen and oxygen atoms in total. The molecule has 0 aromatic carbocycles. The topological polar surface area (TPSA) is 39.5 Å². The van der Waals surface area contributed by atoms with Crippen molar-refractivity contribution in [2.75, 3.05) is 39.9 Å². The maximum Gasteiger partial charge on any atom is 0.0638 e. The minimum absolute atomic E-state index is 0.386. The second-order valence-electron chi connectivity index (χ2n) is 4.58. The molecule has 0 aromatic heterocycles. The second-order valence-corrected chi connectivity index (χ2v) is 4.58. The van der Waals surface area contributed by atoms with Gasteiger partial charge in [-0.3, -0.25) is 9.80 Å². The molecule has 0 spiro atoms. The standard InChI is InChI=1S/C12H23N3O/c1-11(4-5-13)15-7-6-14(8-9-16-3)12(2)10-15/h11-12H,4,6-10H2,1-3H3/t11-,12-/m1/s1. The highest BCUT2D eigenvalue weighted by Crippen LogP contribution is 2.13. The fourth-order valence-corrected chi connectivity index (χ4v) is 2.23. The van der Waals surface area contributed by atoms with E-state index in [1.54, 1.807) is 7.11 Å². The molecule has 0 aliphatic carbocycles. The first kappa shape index (κ1) is 13.4. The van der Waals surface area contributed by atoms with E-state index in [9.17, 15) is 0 Å². The van der Waals surface area contributed by atoms with E-state index in [4.69, 9.17) is 10.00 Å². The van der Waals surface area contributed by atoms with Gasteiger partial charge in [0.25, 0.3) is 0 Å². The maximum absolute atomic E-state index is 8.70. The van der Waals surface area contributed by atoms with E-state index in [2.05, 4.69) is 29.7 Å². The Morgan fingerprint density at radius 3 is 2.81 bits per heavy atom. The van der Waals surface area contributed by atoms with Crippen molar-refractivity contribution in [3.05, 3.63) is 0 Å². The maximum atomic E-state index is 8.70. The van der Waals surface area contributed by atoms with Crippen molar-refractivity contribution in [2.45, 2.75) is 32.4 Å². The van der Waals surface area contributed by atoms with Crippen LogP contribution in [0.15, 0.2) is 0 Å². The summed E-state index contributed by atoms with van der Waals surface area (Å²) in [7, 11) is 1.75. The first-order valence-corrected chi connectivity index (χ1v) is 6.03. The highest BCUT2D eigenvalue weighted by molar-refractivity contribution is 4.86. The van der Waals surface area contributed by atoms with Gasteiger partial charge in [-0.15, -0.1) is 0 Å². The molecule has 4 heteroatoms. The molecule has 1 aliphatic rings. The van der Waals surface area contributed by atoms with Crippen LogP contribution in [0.2, 0.25) is 0 Å². The average Bonchev–Trinajstić information content (AvgIpc) is 2.27. The number of hydrogen-bond donors (Lipinski definition) is 0. The fourth-order valence-electron chi connectivity index (χ4n) is 2.23. The first-order chi connectivity index (χ1) is 7.69. The third-order valence-electron chi connectivity index (χ3n) is 3.39. The van der Waals surface area contributed by atoms with E-state index >= 15 is 0 Å². The lowest BCUT2D eigenvalue weighted by molar-refractivity contribution is 0.0430. The lowest BCUT2D eigenvalue weighted by atomic mass is 10.1. The van der Waals surface area contributed by atoms with Crippen molar-refractivity contribution in [3.63, 3.8) is 0 Å². The quantitative estimate of drug-likeness (QED) is 0.698. The molecule has 0 amide bonds. The van der Waals surface area contributed by atoms with E-state index < -0.39 is 0 Å². The van der Waals surface area contributed by atoms with Crippen LogP contribution in [-0.2, 0) is 4.74 Å². The van der Waals surface area contributed by atoms with Crippen LogP contribution in [0.4, 0.5) is 0 Å². The summed E-state index contributed by atoms with van der Waals surface area (Å²) in [6, 6.07) is 3.20. The van der Waals surface area contributed by atoms with Crippen LogP contribution in [-0.4, -0.2) is 61.8 Å². The molecule has 1 aliphatic heterocycles. The molecule has 92 valence electrons. The summed E-state index contributed by atoms with van der Waals surface area (Å²) in [6.07, 6.45) is 0.630. The van der Waals surface area contributed by atoms with Gasteiger partial charge in [-0.05, 0) is 13.8 Å². The van der Waals surface area contributed by atoms with Gasteiger partial charge in [-0.1, -0.05) is 0 Å². The van der Waals surface area contributed by atoms with Gasteiger partial charge in [-0.25, -0.2) is 0 Å². The van der Waals surface area contributed by atoms with E-state index in [1.807, 2.05) is 0 Å². The molecule has 16 heavy (non-hydrogen) atoms. The average molecular weight is 225 g/mol. The molecule has 0 N–H and O–H groups in total. The highest BCUT2D eigenvalue weighted by atomic mass is 16.5. The molecule has 2 atom stereocenters.